The summed E-state index contributed by atoms with van der Waals surface area (Å²) in [7, 11) is 0. The van der Waals surface area contributed by atoms with E-state index in [0.717, 1.165) is 16.6 Å². The second kappa shape index (κ2) is 7.96. The van der Waals surface area contributed by atoms with E-state index in [-0.39, 0.29) is 11.5 Å². The third-order valence-electron chi connectivity index (χ3n) is 2.29. The van der Waals surface area contributed by atoms with Gasteiger partial charge in [-0.05, 0) is 39.0 Å². The van der Waals surface area contributed by atoms with Crippen molar-refractivity contribution in [1.29, 1.82) is 0 Å². The second-order valence-corrected chi connectivity index (χ2v) is 7.40. The Kier molecular flexibility index (Phi) is 6.95. The molecule has 0 spiro atoms. The zero-order valence-electron chi connectivity index (χ0n) is 11.7. The summed E-state index contributed by atoms with van der Waals surface area (Å²) in [4.78, 5) is 1.23. The molecule has 104 valence electrons. The van der Waals surface area contributed by atoms with E-state index in [0.29, 0.717) is 0 Å². The van der Waals surface area contributed by atoms with Crippen LogP contribution < -0.4 is 11.3 Å². The molecule has 1 atom stereocenters. The summed E-state index contributed by atoms with van der Waals surface area (Å²) in [6, 6.07) is 8.48. The van der Waals surface area contributed by atoms with Gasteiger partial charge in [0.1, 0.15) is 0 Å². The average Bonchev–Trinajstić information content (AvgIpc) is 2.32. The van der Waals surface area contributed by atoms with Crippen LogP contribution in [0.2, 0.25) is 0 Å². The summed E-state index contributed by atoms with van der Waals surface area (Å²) in [5.41, 5.74) is 2.89. The lowest BCUT2D eigenvalue weighted by Crippen LogP contribution is -2.36. The molecule has 0 fully saturated rings. The summed E-state index contributed by atoms with van der Waals surface area (Å²) in [5.74, 6) is 12.9. The second-order valence-electron chi connectivity index (χ2n) is 5.39. The van der Waals surface area contributed by atoms with Crippen molar-refractivity contribution in [3.63, 3.8) is 0 Å². The fourth-order valence-corrected chi connectivity index (χ4v) is 2.90. The van der Waals surface area contributed by atoms with E-state index in [2.05, 4.69) is 66.1 Å². The quantitative estimate of drug-likeness (QED) is 0.370. The monoisotopic (exact) mass is 340 g/mol. The minimum atomic E-state index is 0.0522. The highest BCUT2D eigenvalue weighted by molar-refractivity contribution is 9.10. The molecule has 0 aromatic heterocycles. The number of nitrogens with one attached hydrogen (secondary N) is 1. The third-order valence-corrected chi connectivity index (χ3v) is 3.94. The normalized spacial score (nSPS) is 12.7. The van der Waals surface area contributed by atoms with Crippen LogP contribution in [0, 0.1) is 17.3 Å². The third kappa shape index (κ3) is 7.64. The molecule has 1 rings (SSSR count). The zero-order chi connectivity index (χ0) is 14.3. The summed E-state index contributed by atoms with van der Waals surface area (Å²) in [5, 5.41) is 0. The molecule has 0 aliphatic rings. The molecule has 1 unspecified atom stereocenters. The summed E-state index contributed by atoms with van der Waals surface area (Å²) in [6.45, 7) is 6.34. The van der Waals surface area contributed by atoms with Gasteiger partial charge in [0.2, 0.25) is 0 Å². The molecule has 2 nitrogen and oxygen atoms in total. The van der Waals surface area contributed by atoms with Crippen molar-refractivity contribution in [1.82, 2.24) is 5.43 Å². The van der Waals surface area contributed by atoms with E-state index in [9.17, 15) is 0 Å². The van der Waals surface area contributed by atoms with Crippen LogP contribution in [0.1, 0.15) is 27.2 Å². The standard InChI is InChI=1S/C15H21BrN2S/c1-15(2,3)9-5-7-13(18-17)11-19-14-8-4-6-12(16)10-14/h4,6,8,10,13,18H,7,11,17H2,1-3H3. The predicted molar refractivity (Wildman–Crippen MR) is 87.8 cm³/mol. The van der Waals surface area contributed by atoms with E-state index in [1.807, 2.05) is 12.1 Å². The Bertz CT molecular complexity index is 457. The fourth-order valence-electron chi connectivity index (χ4n) is 1.36. The van der Waals surface area contributed by atoms with Crippen molar-refractivity contribution in [3.8, 4) is 11.8 Å². The summed E-state index contributed by atoms with van der Waals surface area (Å²) < 4.78 is 1.10. The molecule has 0 saturated carbocycles. The van der Waals surface area contributed by atoms with Crippen LogP contribution in [-0.4, -0.2) is 11.8 Å². The molecule has 0 amide bonds. The lowest BCUT2D eigenvalue weighted by Gasteiger charge is -2.13. The lowest BCUT2D eigenvalue weighted by molar-refractivity contribution is 0.564. The van der Waals surface area contributed by atoms with Gasteiger partial charge in [-0.3, -0.25) is 11.3 Å². The molecule has 1 aromatic rings. The number of thioether (sulfide) groups is 1. The molecule has 1 aromatic carbocycles. The molecule has 0 radical (unpaired) electrons. The highest BCUT2D eigenvalue weighted by Crippen LogP contribution is 2.22. The Hall–Kier alpha value is -0.470. The molecule has 0 saturated heterocycles. The van der Waals surface area contributed by atoms with Crippen LogP contribution in [-0.2, 0) is 0 Å². The van der Waals surface area contributed by atoms with Crippen LogP contribution in [0.3, 0.4) is 0 Å². The SMILES string of the molecule is CC(C)(C)C#CCC(CSc1cccc(Br)c1)NN. The van der Waals surface area contributed by atoms with Crippen molar-refractivity contribution in [2.75, 3.05) is 5.75 Å². The van der Waals surface area contributed by atoms with Crippen molar-refractivity contribution in [2.45, 2.75) is 38.1 Å². The van der Waals surface area contributed by atoms with E-state index in [4.69, 9.17) is 5.84 Å². The minimum Gasteiger partial charge on any atom is -0.271 e. The van der Waals surface area contributed by atoms with Crippen molar-refractivity contribution >= 4 is 27.7 Å². The molecular formula is C15H21BrN2S. The first-order valence-electron chi connectivity index (χ1n) is 6.25. The molecule has 0 bridgehead atoms. The Morgan fingerprint density at radius 2 is 2.16 bits per heavy atom. The number of hydrogen-bond donors (Lipinski definition) is 2. The average molecular weight is 341 g/mol. The van der Waals surface area contributed by atoms with Gasteiger partial charge in [-0.15, -0.1) is 17.7 Å². The molecule has 3 N–H and O–H groups in total. The van der Waals surface area contributed by atoms with Gasteiger partial charge in [-0.1, -0.05) is 27.9 Å². The first-order chi connectivity index (χ1) is 8.90. The summed E-state index contributed by atoms with van der Waals surface area (Å²) in [6.07, 6.45) is 0.773. The molecule has 19 heavy (non-hydrogen) atoms. The Balaban J connectivity index is 2.46. The van der Waals surface area contributed by atoms with Gasteiger partial charge in [0.15, 0.2) is 0 Å². The van der Waals surface area contributed by atoms with Gasteiger partial charge in [-0.2, -0.15) is 0 Å². The Morgan fingerprint density at radius 3 is 2.74 bits per heavy atom. The maximum Gasteiger partial charge on any atom is 0.0413 e. The van der Waals surface area contributed by atoms with Gasteiger partial charge in [0.05, 0.1) is 0 Å². The van der Waals surface area contributed by atoms with Crippen LogP contribution in [0.5, 0.6) is 0 Å². The van der Waals surface area contributed by atoms with Gasteiger partial charge >= 0.3 is 0 Å². The van der Waals surface area contributed by atoms with E-state index in [1.54, 1.807) is 11.8 Å². The molecule has 4 heteroatoms. The largest absolute Gasteiger partial charge is 0.271 e. The van der Waals surface area contributed by atoms with Gasteiger partial charge < -0.3 is 0 Å². The van der Waals surface area contributed by atoms with Crippen molar-refractivity contribution < 1.29 is 0 Å². The first-order valence-corrected chi connectivity index (χ1v) is 8.03. The van der Waals surface area contributed by atoms with E-state index in [1.165, 1.54) is 4.90 Å². The van der Waals surface area contributed by atoms with E-state index >= 15 is 0 Å². The Labute approximate surface area is 129 Å². The fraction of sp³-hybridized carbons (Fsp3) is 0.467. The lowest BCUT2D eigenvalue weighted by atomic mass is 9.97. The highest BCUT2D eigenvalue weighted by atomic mass is 79.9. The van der Waals surface area contributed by atoms with Crippen LogP contribution in [0.25, 0.3) is 0 Å². The molecular weight excluding hydrogens is 320 g/mol. The Morgan fingerprint density at radius 1 is 1.42 bits per heavy atom. The maximum atomic E-state index is 5.58. The van der Waals surface area contributed by atoms with Crippen LogP contribution >= 0.6 is 27.7 Å². The van der Waals surface area contributed by atoms with Gasteiger partial charge in [0, 0.05) is 33.0 Å². The van der Waals surface area contributed by atoms with E-state index < -0.39 is 0 Å². The van der Waals surface area contributed by atoms with Crippen LogP contribution in [0.15, 0.2) is 33.6 Å². The summed E-state index contributed by atoms with van der Waals surface area (Å²) >= 11 is 5.26. The first kappa shape index (κ1) is 16.6. The van der Waals surface area contributed by atoms with Crippen molar-refractivity contribution in [3.05, 3.63) is 28.7 Å². The molecule has 0 aliphatic carbocycles. The molecule has 0 heterocycles. The van der Waals surface area contributed by atoms with Gasteiger partial charge in [0.25, 0.3) is 0 Å². The number of benzene rings is 1. The number of hydrogen-bond acceptors (Lipinski definition) is 3. The predicted octanol–water partition coefficient (Wildman–Crippen LogP) is 3.81. The maximum absolute atomic E-state index is 5.58. The highest BCUT2D eigenvalue weighted by Gasteiger charge is 2.07. The number of halogens is 1. The van der Waals surface area contributed by atoms with Crippen LogP contribution in [0.4, 0.5) is 0 Å². The van der Waals surface area contributed by atoms with Gasteiger partial charge in [-0.25, -0.2) is 0 Å². The zero-order valence-corrected chi connectivity index (χ0v) is 14.1. The smallest absolute Gasteiger partial charge is 0.0413 e. The topological polar surface area (TPSA) is 38.0 Å². The number of hydrazine groups is 1. The number of nitrogens with two attached hydrogens (primary N) is 1. The molecule has 0 aliphatic heterocycles. The minimum absolute atomic E-state index is 0.0522. The van der Waals surface area contributed by atoms with Crippen molar-refractivity contribution in [2.24, 2.45) is 11.3 Å². The number of rotatable bonds is 5.